The fraction of sp³-hybridized carbons (Fsp3) is 0.429. The fourth-order valence-corrected chi connectivity index (χ4v) is 2.28. The van der Waals surface area contributed by atoms with E-state index in [2.05, 4.69) is 11.4 Å². The Balaban J connectivity index is 2.14. The lowest BCUT2D eigenvalue weighted by atomic mass is 9.70. The van der Waals surface area contributed by atoms with Crippen LogP contribution in [0.25, 0.3) is 0 Å². The first-order chi connectivity index (χ1) is 8.53. The molecule has 94 valence electrons. The second kappa shape index (κ2) is 4.69. The zero-order valence-electron chi connectivity index (χ0n) is 10.6. The van der Waals surface area contributed by atoms with Crippen molar-refractivity contribution in [3.05, 3.63) is 35.9 Å². The van der Waals surface area contributed by atoms with Gasteiger partial charge in [-0.1, -0.05) is 13.8 Å². The van der Waals surface area contributed by atoms with E-state index in [0.29, 0.717) is 18.7 Å². The summed E-state index contributed by atoms with van der Waals surface area (Å²) in [5.41, 5.74) is 0.363. The average Bonchev–Trinajstić information content (AvgIpc) is 2.77. The van der Waals surface area contributed by atoms with Gasteiger partial charge in [-0.2, -0.15) is 5.26 Å². The van der Waals surface area contributed by atoms with E-state index in [0.717, 1.165) is 5.76 Å². The number of furan rings is 1. The molecule has 18 heavy (non-hydrogen) atoms. The molecule has 0 spiro atoms. The van der Waals surface area contributed by atoms with Crippen molar-refractivity contribution >= 4 is 5.78 Å². The van der Waals surface area contributed by atoms with E-state index < -0.39 is 0 Å². The summed E-state index contributed by atoms with van der Waals surface area (Å²) in [6.07, 6.45) is 3.56. The lowest BCUT2D eigenvalue weighted by Crippen LogP contribution is -2.36. The minimum Gasteiger partial charge on any atom is -0.467 e. The minimum atomic E-state index is -0.327. The summed E-state index contributed by atoms with van der Waals surface area (Å²) in [5.74, 6) is 0.557. The molecule has 1 heterocycles. The Morgan fingerprint density at radius 3 is 3.00 bits per heavy atom. The highest BCUT2D eigenvalue weighted by atomic mass is 16.3. The molecule has 1 aliphatic rings. The Hall–Kier alpha value is -2.02. The summed E-state index contributed by atoms with van der Waals surface area (Å²) in [6.45, 7) is 4.38. The highest BCUT2D eigenvalue weighted by molar-refractivity contribution is 5.92. The molecule has 0 bridgehead atoms. The maximum Gasteiger partial charge on any atom is 0.158 e. The number of allylic oxidation sites excluding steroid dienone is 2. The second-order valence-corrected chi connectivity index (χ2v) is 5.23. The summed E-state index contributed by atoms with van der Waals surface area (Å²) < 4.78 is 5.21. The van der Waals surface area contributed by atoms with Crippen molar-refractivity contribution in [3.63, 3.8) is 0 Å². The van der Waals surface area contributed by atoms with Crippen molar-refractivity contribution in [2.45, 2.75) is 26.8 Å². The molecular formula is C14H16N2O2. The van der Waals surface area contributed by atoms with Gasteiger partial charge in [0.15, 0.2) is 5.78 Å². The molecular weight excluding hydrogens is 228 g/mol. The summed E-state index contributed by atoms with van der Waals surface area (Å²) in [7, 11) is 0. The van der Waals surface area contributed by atoms with E-state index in [9.17, 15) is 10.1 Å². The standard InChI is InChI=1S/C14H16N2O2/c1-14(2)7-10(17)6-13(12(14)8-15)16-9-11-4-3-5-18-11/h3-6,12,16H,7,9H2,1-2H3. The van der Waals surface area contributed by atoms with E-state index in [1.54, 1.807) is 12.3 Å². The van der Waals surface area contributed by atoms with E-state index in [1.165, 1.54) is 0 Å². The van der Waals surface area contributed by atoms with Crippen LogP contribution in [0.3, 0.4) is 0 Å². The van der Waals surface area contributed by atoms with Crippen LogP contribution in [-0.4, -0.2) is 5.78 Å². The molecule has 1 aliphatic carbocycles. The monoisotopic (exact) mass is 244 g/mol. The summed E-state index contributed by atoms with van der Waals surface area (Å²) >= 11 is 0. The van der Waals surface area contributed by atoms with Gasteiger partial charge in [0.2, 0.25) is 0 Å². The predicted octanol–water partition coefficient (Wildman–Crippen LogP) is 2.39. The van der Waals surface area contributed by atoms with Gasteiger partial charge in [0, 0.05) is 18.2 Å². The molecule has 0 saturated carbocycles. The number of carbonyl (C=O) groups is 1. The molecule has 0 radical (unpaired) electrons. The van der Waals surface area contributed by atoms with Gasteiger partial charge in [-0.25, -0.2) is 0 Å². The molecule has 0 aliphatic heterocycles. The van der Waals surface area contributed by atoms with Crippen LogP contribution in [0.1, 0.15) is 26.0 Å². The summed E-state index contributed by atoms with van der Waals surface area (Å²) in [6, 6.07) is 5.94. The number of hydrogen-bond donors (Lipinski definition) is 1. The van der Waals surface area contributed by atoms with Gasteiger partial charge >= 0.3 is 0 Å². The van der Waals surface area contributed by atoms with Crippen molar-refractivity contribution in [1.29, 1.82) is 5.26 Å². The number of carbonyl (C=O) groups excluding carboxylic acids is 1. The van der Waals surface area contributed by atoms with Crippen LogP contribution in [0.15, 0.2) is 34.6 Å². The number of ketones is 1. The van der Waals surface area contributed by atoms with E-state index >= 15 is 0 Å². The molecule has 4 nitrogen and oxygen atoms in total. The molecule has 1 aromatic rings. The van der Waals surface area contributed by atoms with Crippen LogP contribution < -0.4 is 5.32 Å². The highest BCUT2D eigenvalue weighted by Crippen LogP contribution is 2.38. The lowest BCUT2D eigenvalue weighted by molar-refractivity contribution is -0.117. The van der Waals surface area contributed by atoms with E-state index in [4.69, 9.17) is 4.42 Å². The quantitative estimate of drug-likeness (QED) is 0.886. The van der Waals surface area contributed by atoms with Crippen molar-refractivity contribution in [3.8, 4) is 6.07 Å². The van der Waals surface area contributed by atoms with Gasteiger partial charge in [-0.3, -0.25) is 4.79 Å². The molecule has 1 N–H and O–H groups in total. The molecule has 4 heteroatoms. The van der Waals surface area contributed by atoms with Gasteiger partial charge in [0.05, 0.1) is 24.8 Å². The summed E-state index contributed by atoms with van der Waals surface area (Å²) in [5, 5.41) is 12.4. The largest absolute Gasteiger partial charge is 0.467 e. The zero-order chi connectivity index (χ0) is 13.2. The van der Waals surface area contributed by atoms with Crippen LogP contribution >= 0.6 is 0 Å². The van der Waals surface area contributed by atoms with Crippen molar-refractivity contribution in [2.75, 3.05) is 0 Å². The van der Waals surface area contributed by atoms with Gasteiger partial charge in [0.1, 0.15) is 5.76 Å². The molecule has 0 aromatic carbocycles. The third-order valence-corrected chi connectivity index (χ3v) is 3.21. The van der Waals surface area contributed by atoms with Crippen LogP contribution in [0.2, 0.25) is 0 Å². The fourth-order valence-electron chi connectivity index (χ4n) is 2.28. The zero-order valence-corrected chi connectivity index (χ0v) is 10.6. The van der Waals surface area contributed by atoms with Crippen LogP contribution in [0.5, 0.6) is 0 Å². The average molecular weight is 244 g/mol. The van der Waals surface area contributed by atoms with E-state index in [-0.39, 0.29) is 17.1 Å². The normalized spacial score (nSPS) is 22.2. The first-order valence-electron chi connectivity index (χ1n) is 5.93. The number of nitrogens with zero attached hydrogens (tertiary/aromatic N) is 1. The van der Waals surface area contributed by atoms with Crippen LogP contribution in [0, 0.1) is 22.7 Å². The molecule has 0 fully saturated rings. The molecule has 0 saturated heterocycles. The first kappa shape index (κ1) is 12.4. The Morgan fingerprint density at radius 1 is 1.61 bits per heavy atom. The van der Waals surface area contributed by atoms with Gasteiger partial charge in [0.25, 0.3) is 0 Å². The van der Waals surface area contributed by atoms with Gasteiger partial charge in [-0.05, 0) is 17.5 Å². The molecule has 1 atom stereocenters. The van der Waals surface area contributed by atoms with Gasteiger partial charge in [-0.15, -0.1) is 0 Å². The van der Waals surface area contributed by atoms with Crippen LogP contribution in [0.4, 0.5) is 0 Å². The maximum absolute atomic E-state index is 11.7. The minimum absolute atomic E-state index is 0.0634. The second-order valence-electron chi connectivity index (χ2n) is 5.23. The molecule has 0 amide bonds. The Labute approximate surface area is 106 Å². The number of hydrogen-bond acceptors (Lipinski definition) is 4. The number of nitriles is 1. The van der Waals surface area contributed by atoms with Crippen molar-refractivity contribution in [1.82, 2.24) is 5.32 Å². The van der Waals surface area contributed by atoms with Crippen molar-refractivity contribution in [2.24, 2.45) is 11.3 Å². The third kappa shape index (κ3) is 2.45. The van der Waals surface area contributed by atoms with Crippen molar-refractivity contribution < 1.29 is 9.21 Å². The summed E-state index contributed by atoms with van der Waals surface area (Å²) in [4.78, 5) is 11.7. The third-order valence-electron chi connectivity index (χ3n) is 3.21. The van der Waals surface area contributed by atoms with E-state index in [1.807, 2.05) is 26.0 Å². The smallest absolute Gasteiger partial charge is 0.158 e. The Kier molecular flexibility index (Phi) is 3.24. The predicted molar refractivity (Wildman–Crippen MR) is 66.1 cm³/mol. The van der Waals surface area contributed by atoms with Gasteiger partial charge < -0.3 is 9.73 Å². The maximum atomic E-state index is 11.7. The lowest BCUT2D eigenvalue weighted by Gasteiger charge is -2.34. The topological polar surface area (TPSA) is 66.0 Å². The SMILES string of the molecule is CC1(C)CC(=O)C=C(NCc2ccco2)C1C#N. The molecule has 1 unspecified atom stereocenters. The molecule has 2 rings (SSSR count). The first-order valence-corrected chi connectivity index (χ1v) is 5.93. The number of nitrogens with one attached hydrogen (secondary N) is 1. The number of rotatable bonds is 3. The Bertz CT molecular complexity index is 506. The van der Waals surface area contributed by atoms with Crippen LogP contribution in [-0.2, 0) is 11.3 Å². The molecule has 1 aromatic heterocycles. The Morgan fingerprint density at radius 2 is 2.39 bits per heavy atom. The highest BCUT2D eigenvalue weighted by Gasteiger charge is 2.38.